The van der Waals surface area contributed by atoms with E-state index in [0.29, 0.717) is 28.4 Å². The number of benzene rings is 3. The molecule has 1 aliphatic heterocycles. The van der Waals surface area contributed by atoms with Crippen LogP contribution in [0.2, 0.25) is 5.02 Å². The zero-order valence-electron chi connectivity index (χ0n) is 21.2. The van der Waals surface area contributed by atoms with E-state index < -0.39 is 35.5 Å². The second-order valence-electron chi connectivity index (χ2n) is 10.1. The van der Waals surface area contributed by atoms with E-state index in [1.165, 1.54) is 30.3 Å². The number of ketones is 1. The molecule has 1 amide bonds. The Morgan fingerprint density at radius 2 is 1.74 bits per heavy atom. The van der Waals surface area contributed by atoms with Crippen LogP contribution in [0.5, 0.6) is 5.75 Å². The van der Waals surface area contributed by atoms with Crippen LogP contribution in [0.25, 0.3) is 11.1 Å². The van der Waals surface area contributed by atoms with Crippen LogP contribution >= 0.6 is 11.6 Å². The lowest BCUT2D eigenvalue weighted by Crippen LogP contribution is -2.48. The minimum Gasteiger partial charge on any atom is -0.489 e. The molecule has 2 N–H and O–H groups in total. The fourth-order valence-corrected chi connectivity index (χ4v) is 4.99. The SMILES string of the molecule is O=C(N[C@H](CN1CCCC1)[C@H](O)c1ccc(OC2CC2)c(Cl)c1)C(=O)c1ccc(-c2ccc(F)cc2F)cc1. The minimum absolute atomic E-state index is 0.109. The number of ether oxygens (including phenoxy) is 1. The smallest absolute Gasteiger partial charge is 0.292 e. The third kappa shape index (κ3) is 6.64. The quantitative estimate of drug-likeness (QED) is 0.262. The lowest BCUT2D eigenvalue weighted by molar-refractivity contribution is -0.118. The van der Waals surface area contributed by atoms with E-state index in [4.69, 9.17) is 16.3 Å². The molecule has 5 rings (SSSR count). The van der Waals surface area contributed by atoms with E-state index >= 15 is 0 Å². The number of nitrogens with one attached hydrogen (secondary N) is 1. The molecule has 2 atom stereocenters. The molecule has 1 aliphatic carbocycles. The Kier molecular flexibility index (Phi) is 8.26. The number of aliphatic hydroxyl groups excluding tert-OH is 1. The van der Waals surface area contributed by atoms with Crippen LogP contribution in [0.3, 0.4) is 0 Å². The van der Waals surface area contributed by atoms with Crippen molar-refractivity contribution in [2.75, 3.05) is 19.6 Å². The third-order valence-electron chi connectivity index (χ3n) is 7.06. The predicted octanol–water partition coefficient (Wildman–Crippen LogP) is 5.32. The van der Waals surface area contributed by atoms with Crippen LogP contribution in [0.1, 0.15) is 47.7 Å². The molecule has 2 aliphatic rings. The Labute approximate surface area is 230 Å². The molecule has 6 nitrogen and oxygen atoms in total. The van der Waals surface area contributed by atoms with Crippen molar-refractivity contribution in [2.45, 2.75) is 43.9 Å². The van der Waals surface area contributed by atoms with Gasteiger partial charge in [-0.3, -0.25) is 9.59 Å². The Morgan fingerprint density at radius 1 is 1.03 bits per heavy atom. The van der Waals surface area contributed by atoms with Crippen molar-refractivity contribution < 1.29 is 28.2 Å². The molecule has 1 saturated heterocycles. The van der Waals surface area contributed by atoms with Crippen molar-refractivity contribution in [3.05, 3.63) is 88.4 Å². The first-order valence-electron chi connectivity index (χ1n) is 13.1. The van der Waals surface area contributed by atoms with Crippen molar-refractivity contribution in [2.24, 2.45) is 0 Å². The lowest BCUT2D eigenvalue weighted by atomic mass is 9.99. The number of carbonyl (C=O) groups is 2. The highest BCUT2D eigenvalue weighted by molar-refractivity contribution is 6.42. The Morgan fingerprint density at radius 3 is 2.38 bits per heavy atom. The molecule has 0 radical (unpaired) electrons. The van der Waals surface area contributed by atoms with Gasteiger partial charge in [-0.15, -0.1) is 0 Å². The van der Waals surface area contributed by atoms with E-state index in [0.717, 1.165) is 50.9 Å². The molecule has 3 aromatic carbocycles. The summed E-state index contributed by atoms with van der Waals surface area (Å²) in [6.45, 7) is 2.04. The number of amides is 1. The topological polar surface area (TPSA) is 78.9 Å². The average Bonchev–Trinajstić information content (AvgIpc) is 3.60. The number of hydrogen-bond acceptors (Lipinski definition) is 5. The summed E-state index contributed by atoms with van der Waals surface area (Å²) in [5.74, 6) is -2.51. The molecule has 39 heavy (non-hydrogen) atoms. The lowest BCUT2D eigenvalue weighted by Gasteiger charge is -2.28. The molecule has 204 valence electrons. The van der Waals surface area contributed by atoms with Crippen molar-refractivity contribution in [1.82, 2.24) is 10.2 Å². The summed E-state index contributed by atoms with van der Waals surface area (Å²) in [5, 5.41) is 14.3. The van der Waals surface area contributed by atoms with Crippen LogP contribution in [0, 0.1) is 11.6 Å². The van der Waals surface area contributed by atoms with E-state index in [1.54, 1.807) is 18.2 Å². The highest BCUT2D eigenvalue weighted by Crippen LogP contribution is 2.34. The zero-order chi connectivity index (χ0) is 27.5. The average molecular weight is 555 g/mol. The van der Waals surface area contributed by atoms with Gasteiger partial charge in [0.25, 0.3) is 5.91 Å². The van der Waals surface area contributed by atoms with Gasteiger partial charge in [-0.2, -0.15) is 0 Å². The fraction of sp³-hybridized carbons (Fsp3) is 0.333. The second-order valence-corrected chi connectivity index (χ2v) is 10.5. The van der Waals surface area contributed by atoms with Gasteiger partial charge in [0.1, 0.15) is 23.5 Å². The second kappa shape index (κ2) is 11.8. The van der Waals surface area contributed by atoms with Gasteiger partial charge in [0, 0.05) is 23.7 Å². The third-order valence-corrected chi connectivity index (χ3v) is 7.36. The first-order chi connectivity index (χ1) is 18.8. The molecule has 0 aromatic heterocycles. The van der Waals surface area contributed by atoms with Crippen molar-refractivity contribution >= 4 is 23.3 Å². The summed E-state index contributed by atoms with van der Waals surface area (Å²) < 4.78 is 33.2. The molecule has 9 heteroatoms. The first kappa shape index (κ1) is 27.2. The normalized spacial score (nSPS) is 17.0. The summed E-state index contributed by atoms with van der Waals surface area (Å²) in [7, 11) is 0. The van der Waals surface area contributed by atoms with E-state index in [1.807, 2.05) is 0 Å². The minimum atomic E-state index is -1.11. The van der Waals surface area contributed by atoms with Crippen molar-refractivity contribution in [3.63, 3.8) is 0 Å². The molecule has 0 bridgehead atoms. The van der Waals surface area contributed by atoms with Gasteiger partial charge in [0.15, 0.2) is 0 Å². The largest absolute Gasteiger partial charge is 0.489 e. The van der Waals surface area contributed by atoms with E-state index in [-0.39, 0.29) is 17.2 Å². The van der Waals surface area contributed by atoms with Crippen LogP contribution in [0.15, 0.2) is 60.7 Å². The summed E-state index contributed by atoms with van der Waals surface area (Å²) >= 11 is 6.40. The van der Waals surface area contributed by atoms with Crippen molar-refractivity contribution in [1.29, 1.82) is 0 Å². The molecular formula is C30H29ClF2N2O4. The number of rotatable bonds is 10. The van der Waals surface area contributed by atoms with Gasteiger partial charge < -0.3 is 20.1 Å². The fourth-order valence-electron chi connectivity index (χ4n) is 4.75. The van der Waals surface area contributed by atoms with Gasteiger partial charge in [-0.25, -0.2) is 8.78 Å². The van der Waals surface area contributed by atoms with Gasteiger partial charge in [0.05, 0.1) is 17.2 Å². The standard InChI is InChI=1S/C30H29ClF2N2O4/c31-24-15-20(7-12-27(24)39-22-9-10-22)28(36)26(17-35-13-1-2-14-35)34-30(38)29(37)19-5-3-18(4-6-19)23-11-8-21(32)16-25(23)33/h3-8,11-12,15-16,22,26,28,36H,1-2,9-10,13-14,17H2,(H,34,38)/t26-,28-/m1/s1. The molecule has 1 heterocycles. The molecule has 0 unspecified atom stereocenters. The Hall–Kier alpha value is -3.33. The monoisotopic (exact) mass is 554 g/mol. The number of carbonyl (C=O) groups excluding carboxylic acids is 2. The predicted molar refractivity (Wildman–Crippen MR) is 144 cm³/mol. The molecule has 0 spiro atoms. The molecule has 2 fully saturated rings. The maximum atomic E-state index is 14.1. The summed E-state index contributed by atoms with van der Waals surface area (Å²) in [6, 6.07) is 13.4. The maximum Gasteiger partial charge on any atom is 0.292 e. The number of likely N-dealkylation sites (tertiary alicyclic amines) is 1. The highest BCUT2D eigenvalue weighted by Gasteiger charge is 2.30. The van der Waals surface area contributed by atoms with Crippen LogP contribution in [-0.2, 0) is 4.79 Å². The Bertz CT molecular complexity index is 1360. The molecule has 1 saturated carbocycles. The first-order valence-corrected chi connectivity index (χ1v) is 13.4. The number of Topliss-reactive ketones (excluding diaryl/α,β-unsaturated/α-hetero) is 1. The van der Waals surface area contributed by atoms with Gasteiger partial charge >= 0.3 is 0 Å². The molecular weight excluding hydrogens is 526 g/mol. The van der Waals surface area contributed by atoms with Crippen molar-refractivity contribution in [3.8, 4) is 16.9 Å². The van der Waals surface area contributed by atoms with Crippen LogP contribution < -0.4 is 10.1 Å². The van der Waals surface area contributed by atoms with Gasteiger partial charge in [-0.1, -0.05) is 41.9 Å². The van der Waals surface area contributed by atoms with Gasteiger partial charge in [-0.05, 0) is 74.2 Å². The molecule has 3 aromatic rings. The maximum absolute atomic E-state index is 14.1. The van der Waals surface area contributed by atoms with Gasteiger partial charge in [0.2, 0.25) is 5.78 Å². The zero-order valence-corrected chi connectivity index (χ0v) is 22.0. The summed E-state index contributed by atoms with van der Waals surface area (Å²) in [5.41, 5.74) is 1.24. The van der Waals surface area contributed by atoms with Crippen LogP contribution in [-0.4, -0.2) is 53.5 Å². The highest BCUT2D eigenvalue weighted by atomic mass is 35.5. The number of aliphatic hydroxyl groups is 1. The number of halogens is 3. The number of nitrogens with zero attached hydrogens (tertiary/aromatic N) is 1. The van der Waals surface area contributed by atoms with E-state index in [9.17, 15) is 23.5 Å². The summed E-state index contributed by atoms with van der Waals surface area (Å²) in [4.78, 5) is 28.1. The van der Waals surface area contributed by atoms with Crippen LogP contribution in [0.4, 0.5) is 8.78 Å². The van der Waals surface area contributed by atoms with E-state index in [2.05, 4.69) is 10.2 Å². The number of hydrogen-bond donors (Lipinski definition) is 2. The summed E-state index contributed by atoms with van der Waals surface area (Å²) in [6.07, 6.45) is 3.09. The Balaban J connectivity index is 1.30.